The van der Waals surface area contributed by atoms with Gasteiger partial charge in [-0.05, 0) is 31.0 Å². The second-order valence-corrected chi connectivity index (χ2v) is 4.36. The first kappa shape index (κ1) is 15.5. The fourth-order valence-corrected chi connectivity index (χ4v) is 1.70. The molecule has 2 N–H and O–H groups in total. The van der Waals surface area contributed by atoms with Gasteiger partial charge in [0.2, 0.25) is 5.91 Å². The van der Waals surface area contributed by atoms with Gasteiger partial charge in [-0.15, -0.1) is 0 Å². The average Bonchev–Trinajstić information content (AvgIpc) is 2.42. The molecule has 1 aromatic carbocycles. The quantitative estimate of drug-likeness (QED) is 0.672. The third-order valence-electron chi connectivity index (χ3n) is 2.64. The molecular formula is C15H24N2O2. The summed E-state index contributed by atoms with van der Waals surface area (Å²) in [5.74, 6) is 1.000. The minimum Gasteiger partial charge on any atom is -0.494 e. The van der Waals surface area contributed by atoms with E-state index in [1.807, 2.05) is 38.1 Å². The van der Waals surface area contributed by atoms with E-state index in [0.717, 1.165) is 25.3 Å². The van der Waals surface area contributed by atoms with Crippen LogP contribution >= 0.6 is 0 Å². The number of carbonyl (C=O) groups excluding carboxylic acids is 1. The number of rotatable bonds is 9. The summed E-state index contributed by atoms with van der Waals surface area (Å²) in [6.07, 6.45) is 1.49. The highest BCUT2D eigenvalue weighted by atomic mass is 16.5. The third-order valence-corrected chi connectivity index (χ3v) is 2.64. The Hall–Kier alpha value is -1.55. The van der Waals surface area contributed by atoms with Gasteiger partial charge in [0.05, 0.1) is 6.61 Å². The molecule has 0 saturated heterocycles. The highest BCUT2D eigenvalue weighted by Crippen LogP contribution is 2.12. The van der Waals surface area contributed by atoms with Gasteiger partial charge in [-0.25, -0.2) is 0 Å². The molecule has 0 aliphatic heterocycles. The molecule has 4 nitrogen and oxygen atoms in total. The van der Waals surface area contributed by atoms with Gasteiger partial charge in [0.15, 0.2) is 0 Å². The van der Waals surface area contributed by atoms with Crippen molar-refractivity contribution in [1.29, 1.82) is 0 Å². The van der Waals surface area contributed by atoms with Crippen LogP contribution in [0, 0.1) is 0 Å². The van der Waals surface area contributed by atoms with Crippen molar-refractivity contribution >= 4 is 5.91 Å². The molecule has 0 heterocycles. The summed E-state index contributed by atoms with van der Waals surface area (Å²) in [4.78, 5) is 11.4. The minimum atomic E-state index is 0.109. The van der Waals surface area contributed by atoms with Crippen LogP contribution in [0.5, 0.6) is 5.75 Å². The summed E-state index contributed by atoms with van der Waals surface area (Å²) in [6.45, 7) is 6.89. The van der Waals surface area contributed by atoms with Crippen LogP contribution in [0.1, 0.15) is 32.3 Å². The summed E-state index contributed by atoms with van der Waals surface area (Å²) in [5.41, 5.74) is 1.17. The van der Waals surface area contributed by atoms with Gasteiger partial charge in [0, 0.05) is 26.1 Å². The van der Waals surface area contributed by atoms with E-state index in [0.29, 0.717) is 19.6 Å². The zero-order chi connectivity index (χ0) is 13.9. The van der Waals surface area contributed by atoms with Crippen LogP contribution in [-0.2, 0) is 11.3 Å². The first-order valence-corrected chi connectivity index (χ1v) is 6.95. The first-order valence-electron chi connectivity index (χ1n) is 6.95. The van der Waals surface area contributed by atoms with E-state index in [9.17, 15) is 4.79 Å². The Morgan fingerprint density at radius 3 is 2.84 bits per heavy atom. The number of carbonyl (C=O) groups is 1. The highest BCUT2D eigenvalue weighted by molar-refractivity contribution is 5.75. The predicted molar refractivity (Wildman–Crippen MR) is 77.2 cm³/mol. The number of hydrogen-bond acceptors (Lipinski definition) is 3. The fraction of sp³-hybridized carbons (Fsp3) is 0.533. The average molecular weight is 264 g/mol. The molecule has 1 aromatic rings. The fourth-order valence-electron chi connectivity index (χ4n) is 1.70. The molecule has 0 fully saturated rings. The van der Waals surface area contributed by atoms with Crippen molar-refractivity contribution in [2.45, 2.75) is 33.2 Å². The van der Waals surface area contributed by atoms with Crippen molar-refractivity contribution in [1.82, 2.24) is 10.6 Å². The van der Waals surface area contributed by atoms with E-state index in [-0.39, 0.29) is 5.91 Å². The number of nitrogens with one attached hydrogen (secondary N) is 2. The molecule has 1 rings (SSSR count). The van der Waals surface area contributed by atoms with Crippen LogP contribution in [-0.4, -0.2) is 25.6 Å². The number of benzene rings is 1. The van der Waals surface area contributed by atoms with E-state index < -0.39 is 0 Å². The molecule has 0 saturated carbocycles. The Morgan fingerprint density at radius 2 is 2.11 bits per heavy atom. The molecule has 0 atom stereocenters. The summed E-state index contributed by atoms with van der Waals surface area (Å²) in [6, 6.07) is 8.00. The summed E-state index contributed by atoms with van der Waals surface area (Å²) in [5, 5.41) is 6.12. The number of amides is 1. The van der Waals surface area contributed by atoms with Crippen molar-refractivity contribution in [2.75, 3.05) is 19.7 Å². The Kier molecular flexibility index (Phi) is 7.66. The molecule has 19 heavy (non-hydrogen) atoms. The van der Waals surface area contributed by atoms with Crippen LogP contribution in [0.2, 0.25) is 0 Å². The van der Waals surface area contributed by atoms with Gasteiger partial charge in [-0.3, -0.25) is 4.79 Å². The highest BCUT2D eigenvalue weighted by Gasteiger charge is 2.00. The molecular weight excluding hydrogens is 240 g/mol. The maximum atomic E-state index is 11.4. The van der Waals surface area contributed by atoms with Crippen LogP contribution in [0.3, 0.4) is 0 Å². The first-order chi connectivity index (χ1) is 9.26. The van der Waals surface area contributed by atoms with Crippen molar-refractivity contribution < 1.29 is 9.53 Å². The summed E-state index contributed by atoms with van der Waals surface area (Å²) in [7, 11) is 0. The van der Waals surface area contributed by atoms with Crippen molar-refractivity contribution in [3.8, 4) is 5.75 Å². The van der Waals surface area contributed by atoms with Crippen LogP contribution in [0.25, 0.3) is 0 Å². The molecule has 1 amide bonds. The topological polar surface area (TPSA) is 50.4 Å². The lowest BCUT2D eigenvalue weighted by molar-refractivity contribution is -0.120. The van der Waals surface area contributed by atoms with Crippen molar-refractivity contribution in [2.24, 2.45) is 0 Å². The van der Waals surface area contributed by atoms with Gasteiger partial charge in [-0.1, -0.05) is 19.1 Å². The number of hydrogen-bond donors (Lipinski definition) is 2. The Balaban J connectivity index is 2.21. The molecule has 0 aliphatic carbocycles. The SMILES string of the molecule is CCCNC(=O)CCNCc1cccc(OCC)c1. The molecule has 0 radical (unpaired) electrons. The molecule has 4 heteroatoms. The molecule has 0 aromatic heterocycles. The molecule has 0 unspecified atom stereocenters. The van der Waals surface area contributed by atoms with Gasteiger partial charge >= 0.3 is 0 Å². The van der Waals surface area contributed by atoms with E-state index >= 15 is 0 Å². The monoisotopic (exact) mass is 264 g/mol. The van der Waals surface area contributed by atoms with Crippen LogP contribution < -0.4 is 15.4 Å². The van der Waals surface area contributed by atoms with Crippen LogP contribution in [0.4, 0.5) is 0 Å². The smallest absolute Gasteiger partial charge is 0.221 e. The predicted octanol–water partition coefficient (Wildman–Crippen LogP) is 2.09. The maximum absolute atomic E-state index is 11.4. The Bertz CT molecular complexity index is 380. The van der Waals surface area contributed by atoms with Crippen molar-refractivity contribution in [3.05, 3.63) is 29.8 Å². The van der Waals surface area contributed by atoms with Gasteiger partial charge in [-0.2, -0.15) is 0 Å². The van der Waals surface area contributed by atoms with Crippen molar-refractivity contribution in [3.63, 3.8) is 0 Å². The largest absolute Gasteiger partial charge is 0.494 e. The second kappa shape index (κ2) is 9.39. The zero-order valence-corrected chi connectivity index (χ0v) is 11.9. The van der Waals surface area contributed by atoms with E-state index in [2.05, 4.69) is 10.6 Å². The summed E-state index contributed by atoms with van der Waals surface area (Å²) >= 11 is 0. The lowest BCUT2D eigenvalue weighted by atomic mass is 10.2. The summed E-state index contributed by atoms with van der Waals surface area (Å²) < 4.78 is 5.44. The maximum Gasteiger partial charge on any atom is 0.221 e. The zero-order valence-electron chi connectivity index (χ0n) is 11.9. The lowest BCUT2D eigenvalue weighted by Gasteiger charge is -2.08. The minimum absolute atomic E-state index is 0.109. The van der Waals surface area contributed by atoms with E-state index in [1.54, 1.807) is 0 Å². The lowest BCUT2D eigenvalue weighted by Crippen LogP contribution is -2.28. The third kappa shape index (κ3) is 6.82. The molecule has 0 bridgehead atoms. The normalized spacial score (nSPS) is 10.2. The Labute approximate surface area is 115 Å². The van der Waals surface area contributed by atoms with Gasteiger partial charge in [0.25, 0.3) is 0 Å². The number of ether oxygens (including phenoxy) is 1. The standard InChI is InChI=1S/C15H24N2O2/c1-3-9-17-15(18)8-10-16-12-13-6-5-7-14(11-13)19-4-2/h5-7,11,16H,3-4,8-10,12H2,1-2H3,(H,17,18). The second-order valence-electron chi connectivity index (χ2n) is 4.36. The van der Waals surface area contributed by atoms with E-state index in [1.165, 1.54) is 5.56 Å². The molecule has 0 aliphatic rings. The molecule has 0 spiro atoms. The van der Waals surface area contributed by atoms with Crippen LogP contribution in [0.15, 0.2) is 24.3 Å². The van der Waals surface area contributed by atoms with Gasteiger partial charge < -0.3 is 15.4 Å². The Morgan fingerprint density at radius 1 is 1.26 bits per heavy atom. The van der Waals surface area contributed by atoms with E-state index in [4.69, 9.17) is 4.74 Å². The molecule has 106 valence electrons. The van der Waals surface area contributed by atoms with Gasteiger partial charge in [0.1, 0.15) is 5.75 Å².